The maximum Gasteiger partial charge on any atom is 0.320 e. The number of carboxylic acids is 1. The zero-order valence-electron chi connectivity index (χ0n) is 27.2. The minimum Gasteiger partial charge on any atom is -0.494 e. The standard InChI is InChI=1S/C32H43FN8O7/c1-46-28-7-6-22(19-25(28)33)27(20-30(43)44)41-13-12-40(32(41)45)11-3-5-26-24(18-23-4-2-9-35-31(23)38-26)21-36-29(42)8-14-47-16-17-48-15-10-37-39-34/h6-7,18-19,27H,2-5,8-17,20-21H2,1H3,(H,35,38)(H,36,42)(H,43,44)/t27-/m0/s1. The van der Waals surface area contributed by atoms with Gasteiger partial charge in [0.1, 0.15) is 5.82 Å². The Morgan fingerprint density at radius 2 is 2.02 bits per heavy atom. The van der Waals surface area contributed by atoms with Gasteiger partial charge in [0.05, 0.1) is 46.0 Å². The van der Waals surface area contributed by atoms with Crippen molar-refractivity contribution in [3.63, 3.8) is 0 Å². The van der Waals surface area contributed by atoms with Gasteiger partial charge in [-0.25, -0.2) is 14.2 Å². The molecule has 2 aromatic rings. The van der Waals surface area contributed by atoms with E-state index in [0.29, 0.717) is 64.4 Å². The summed E-state index contributed by atoms with van der Waals surface area (Å²) in [6, 6.07) is 5.20. The normalized spacial score (nSPS) is 14.6. The van der Waals surface area contributed by atoms with Gasteiger partial charge in [0, 0.05) is 56.3 Å². The molecule has 1 aromatic carbocycles. The van der Waals surface area contributed by atoms with Crippen LogP contribution < -0.4 is 15.4 Å². The summed E-state index contributed by atoms with van der Waals surface area (Å²) in [7, 11) is 1.35. The molecular weight excluding hydrogens is 627 g/mol. The van der Waals surface area contributed by atoms with Gasteiger partial charge in [-0.3, -0.25) is 9.59 Å². The fourth-order valence-electron chi connectivity index (χ4n) is 5.76. The molecule has 4 rings (SSSR count). The van der Waals surface area contributed by atoms with Crippen LogP contribution in [-0.2, 0) is 38.4 Å². The van der Waals surface area contributed by atoms with Gasteiger partial charge in [0.25, 0.3) is 0 Å². The van der Waals surface area contributed by atoms with E-state index in [-0.39, 0.29) is 43.7 Å². The molecule has 0 saturated carbocycles. The lowest BCUT2D eigenvalue weighted by Gasteiger charge is -2.27. The smallest absolute Gasteiger partial charge is 0.320 e. The number of carbonyl (C=O) groups excluding carboxylic acids is 2. The number of fused-ring (bicyclic) bond motifs is 1. The number of hydrogen-bond acceptors (Lipinski definition) is 9. The molecule has 0 spiro atoms. The fourth-order valence-corrected chi connectivity index (χ4v) is 5.76. The first-order valence-electron chi connectivity index (χ1n) is 16.1. The molecule has 16 heteroatoms. The van der Waals surface area contributed by atoms with E-state index in [9.17, 15) is 23.9 Å². The highest BCUT2D eigenvalue weighted by atomic mass is 19.1. The molecule has 0 radical (unpaired) electrons. The van der Waals surface area contributed by atoms with Crippen molar-refractivity contribution in [2.45, 2.75) is 51.1 Å². The number of pyridine rings is 1. The predicted molar refractivity (Wildman–Crippen MR) is 173 cm³/mol. The van der Waals surface area contributed by atoms with Gasteiger partial charge in [-0.15, -0.1) is 0 Å². The average molecular weight is 671 g/mol. The minimum absolute atomic E-state index is 0.0413. The van der Waals surface area contributed by atoms with Crippen LogP contribution in [-0.4, -0.2) is 104 Å². The lowest BCUT2D eigenvalue weighted by Crippen LogP contribution is -2.36. The number of benzene rings is 1. The molecule has 48 heavy (non-hydrogen) atoms. The second kappa shape index (κ2) is 18.6. The first-order valence-corrected chi connectivity index (χ1v) is 16.1. The minimum atomic E-state index is -1.09. The second-order valence-corrected chi connectivity index (χ2v) is 11.4. The van der Waals surface area contributed by atoms with Crippen LogP contribution in [0.2, 0.25) is 0 Å². The number of hydrogen-bond donors (Lipinski definition) is 3. The number of azide groups is 1. The van der Waals surface area contributed by atoms with Crippen molar-refractivity contribution in [2.75, 3.05) is 71.6 Å². The van der Waals surface area contributed by atoms with Gasteiger partial charge in [-0.05, 0) is 66.1 Å². The highest BCUT2D eigenvalue weighted by Crippen LogP contribution is 2.31. The maximum atomic E-state index is 14.5. The van der Waals surface area contributed by atoms with Crippen molar-refractivity contribution < 1.29 is 38.1 Å². The van der Waals surface area contributed by atoms with E-state index in [2.05, 4.69) is 26.7 Å². The van der Waals surface area contributed by atoms with Crippen LogP contribution >= 0.6 is 0 Å². The quantitative estimate of drug-likeness (QED) is 0.0813. The second-order valence-electron chi connectivity index (χ2n) is 11.4. The van der Waals surface area contributed by atoms with Crippen LogP contribution in [0.5, 0.6) is 5.75 Å². The summed E-state index contributed by atoms with van der Waals surface area (Å²) in [5.41, 5.74) is 11.5. The number of aromatic nitrogens is 1. The van der Waals surface area contributed by atoms with Crippen molar-refractivity contribution >= 4 is 23.7 Å². The highest BCUT2D eigenvalue weighted by Gasteiger charge is 2.35. The predicted octanol–water partition coefficient (Wildman–Crippen LogP) is 3.82. The van der Waals surface area contributed by atoms with Crippen LogP contribution in [0.15, 0.2) is 29.4 Å². The number of methoxy groups -OCH3 is 1. The Morgan fingerprint density at radius 1 is 1.21 bits per heavy atom. The van der Waals surface area contributed by atoms with E-state index >= 15 is 0 Å². The summed E-state index contributed by atoms with van der Waals surface area (Å²) >= 11 is 0. The maximum absolute atomic E-state index is 14.5. The van der Waals surface area contributed by atoms with Crippen LogP contribution in [0.25, 0.3) is 10.4 Å². The van der Waals surface area contributed by atoms with Gasteiger partial charge in [0.15, 0.2) is 11.6 Å². The van der Waals surface area contributed by atoms with Crippen molar-refractivity contribution in [3.8, 4) is 5.75 Å². The van der Waals surface area contributed by atoms with Crippen LogP contribution in [0.3, 0.4) is 0 Å². The number of urea groups is 1. The van der Waals surface area contributed by atoms with E-state index in [4.69, 9.17) is 24.7 Å². The molecule has 1 fully saturated rings. The first-order chi connectivity index (χ1) is 23.3. The molecule has 2 aliphatic rings. The number of ether oxygens (including phenoxy) is 3. The lowest BCUT2D eigenvalue weighted by molar-refractivity contribution is -0.138. The molecule has 15 nitrogen and oxygen atoms in total. The van der Waals surface area contributed by atoms with Crippen LogP contribution in [0.4, 0.5) is 15.0 Å². The summed E-state index contributed by atoms with van der Waals surface area (Å²) < 4.78 is 30.2. The summed E-state index contributed by atoms with van der Waals surface area (Å²) in [6.07, 6.45) is 2.89. The molecule has 0 aliphatic carbocycles. The number of aliphatic carboxylic acids is 1. The number of aryl methyl sites for hydroxylation is 2. The highest BCUT2D eigenvalue weighted by molar-refractivity contribution is 5.78. The Hall–Kier alpha value is -4.66. The molecule has 260 valence electrons. The summed E-state index contributed by atoms with van der Waals surface area (Å²) in [5, 5.41) is 19.3. The first kappa shape index (κ1) is 36.2. The Bertz CT molecular complexity index is 1470. The molecule has 3 N–H and O–H groups in total. The molecular formula is C32H43FN8O7. The molecule has 3 heterocycles. The van der Waals surface area contributed by atoms with Crippen LogP contribution in [0, 0.1) is 5.82 Å². The number of amides is 3. The van der Waals surface area contributed by atoms with E-state index in [1.165, 1.54) is 24.1 Å². The van der Waals surface area contributed by atoms with Crippen molar-refractivity contribution in [2.24, 2.45) is 5.11 Å². The number of halogens is 1. The Labute approximate surface area is 278 Å². The third kappa shape index (κ3) is 10.4. The van der Waals surface area contributed by atoms with Gasteiger partial charge in [-0.2, -0.15) is 0 Å². The van der Waals surface area contributed by atoms with E-state index in [1.807, 2.05) is 0 Å². The molecule has 0 unspecified atom stereocenters. The Morgan fingerprint density at radius 3 is 2.77 bits per heavy atom. The molecule has 0 bridgehead atoms. The van der Waals surface area contributed by atoms with E-state index < -0.39 is 17.8 Å². The van der Waals surface area contributed by atoms with Crippen molar-refractivity contribution in [1.82, 2.24) is 20.1 Å². The summed E-state index contributed by atoms with van der Waals surface area (Å²) in [4.78, 5) is 48.3. The fraction of sp³-hybridized carbons (Fsp3) is 0.562. The topological polar surface area (TPSA) is 191 Å². The lowest BCUT2D eigenvalue weighted by atomic mass is 10.0. The van der Waals surface area contributed by atoms with Gasteiger partial charge in [0.2, 0.25) is 5.91 Å². The van der Waals surface area contributed by atoms with E-state index in [0.717, 1.165) is 42.0 Å². The van der Waals surface area contributed by atoms with Gasteiger partial charge in [-0.1, -0.05) is 11.2 Å². The van der Waals surface area contributed by atoms with Crippen LogP contribution in [0.1, 0.15) is 54.1 Å². The molecule has 1 atom stereocenters. The number of carboxylic acid groups (broad SMARTS) is 1. The SMILES string of the molecule is COc1ccc([C@H](CC(=O)O)N2CCN(CCCc3nc4c(cc3CNC(=O)CCOCCOCCN=[N+]=[N-])CCCN4)C2=O)cc1F. The molecule has 3 amide bonds. The monoisotopic (exact) mass is 670 g/mol. The van der Waals surface area contributed by atoms with Gasteiger partial charge < -0.3 is 39.8 Å². The summed E-state index contributed by atoms with van der Waals surface area (Å²) in [5.74, 6) is -0.987. The number of nitrogens with one attached hydrogen (secondary N) is 2. The van der Waals surface area contributed by atoms with Crippen molar-refractivity contribution in [1.29, 1.82) is 0 Å². The number of nitrogens with zero attached hydrogens (tertiary/aromatic N) is 6. The number of carbonyl (C=O) groups is 3. The van der Waals surface area contributed by atoms with Crippen molar-refractivity contribution in [3.05, 3.63) is 62.9 Å². The summed E-state index contributed by atoms with van der Waals surface area (Å²) in [6.45, 7) is 3.78. The van der Waals surface area contributed by atoms with Gasteiger partial charge >= 0.3 is 12.0 Å². The third-order valence-corrected chi connectivity index (χ3v) is 8.18. The Balaban J connectivity index is 1.30. The third-order valence-electron chi connectivity index (χ3n) is 8.18. The number of rotatable bonds is 20. The average Bonchev–Trinajstić information content (AvgIpc) is 3.44. The largest absolute Gasteiger partial charge is 0.494 e. The molecule has 1 saturated heterocycles. The zero-order valence-corrected chi connectivity index (χ0v) is 27.2. The molecule has 2 aliphatic heterocycles. The molecule has 1 aromatic heterocycles. The van der Waals surface area contributed by atoms with E-state index in [1.54, 1.807) is 11.0 Å². The Kier molecular flexibility index (Phi) is 14.0. The number of anilines is 1. The zero-order chi connectivity index (χ0) is 34.3.